The summed E-state index contributed by atoms with van der Waals surface area (Å²) < 4.78 is 0. The lowest BCUT2D eigenvalue weighted by molar-refractivity contribution is 0.143. The molecule has 1 aliphatic rings. The van der Waals surface area contributed by atoms with Gasteiger partial charge in [0.05, 0.1) is 6.10 Å². The Balaban J connectivity index is 1.74. The normalized spacial score (nSPS) is 20.8. The van der Waals surface area contributed by atoms with E-state index in [1.807, 2.05) is 30.3 Å². The zero-order valence-electron chi connectivity index (χ0n) is 12.8. The third kappa shape index (κ3) is 4.30. The predicted molar refractivity (Wildman–Crippen MR) is 83.7 cm³/mol. The number of nitrogens with one attached hydrogen (secondary N) is 1. The topological polar surface area (TPSA) is 35.5 Å². The third-order valence-electron chi connectivity index (χ3n) is 4.60. The second-order valence-corrected chi connectivity index (χ2v) is 5.90. The van der Waals surface area contributed by atoms with Crippen molar-refractivity contribution in [3.63, 3.8) is 0 Å². The standard InChI is InChI=1S/C17H28N2O/c1-3-19-11-9-15(10-12-19)14(2)18-13-17(20)16-7-5-4-6-8-16/h4-8,14-15,17-18,20H,3,9-13H2,1-2H3. The van der Waals surface area contributed by atoms with E-state index in [9.17, 15) is 5.11 Å². The van der Waals surface area contributed by atoms with E-state index in [0.717, 1.165) is 11.5 Å². The lowest BCUT2D eigenvalue weighted by Crippen LogP contribution is -2.42. The van der Waals surface area contributed by atoms with Crippen LogP contribution < -0.4 is 5.32 Å². The summed E-state index contributed by atoms with van der Waals surface area (Å²) in [6.45, 7) is 8.73. The van der Waals surface area contributed by atoms with Gasteiger partial charge in [-0.3, -0.25) is 0 Å². The Hall–Kier alpha value is -0.900. The van der Waals surface area contributed by atoms with Crippen LogP contribution in [0.4, 0.5) is 0 Å². The predicted octanol–water partition coefficient (Wildman–Crippen LogP) is 2.43. The van der Waals surface area contributed by atoms with Gasteiger partial charge < -0.3 is 15.3 Å². The first-order valence-corrected chi connectivity index (χ1v) is 7.89. The molecule has 2 atom stereocenters. The zero-order valence-corrected chi connectivity index (χ0v) is 12.8. The molecule has 0 spiro atoms. The summed E-state index contributed by atoms with van der Waals surface area (Å²) in [5.74, 6) is 0.737. The molecule has 20 heavy (non-hydrogen) atoms. The van der Waals surface area contributed by atoms with Crippen molar-refractivity contribution in [2.75, 3.05) is 26.2 Å². The van der Waals surface area contributed by atoms with Gasteiger partial charge in [0.15, 0.2) is 0 Å². The fraction of sp³-hybridized carbons (Fsp3) is 0.647. The highest BCUT2D eigenvalue weighted by molar-refractivity contribution is 5.17. The molecule has 1 fully saturated rings. The van der Waals surface area contributed by atoms with Crippen molar-refractivity contribution in [2.24, 2.45) is 5.92 Å². The van der Waals surface area contributed by atoms with Gasteiger partial charge in [0.2, 0.25) is 0 Å². The quantitative estimate of drug-likeness (QED) is 0.837. The van der Waals surface area contributed by atoms with Gasteiger partial charge in [-0.2, -0.15) is 0 Å². The molecule has 0 radical (unpaired) electrons. The molecule has 0 aromatic heterocycles. The third-order valence-corrected chi connectivity index (χ3v) is 4.60. The molecule has 1 aliphatic heterocycles. The van der Waals surface area contributed by atoms with Gasteiger partial charge in [-0.25, -0.2) is 0 Å². The van der Waals surface area contributed by atoms with E-state index in [-0.39, 0.29) is 0 Å². The van der Waals surface area contributed by atoms with Gasteiger partial charge in [0.25, 0.3) is 0 Å². The maximum atomic E-state index is 10.2. The molecule has 1 aromatic carbocycles. The smallest absolute Gasteiger partial charge is 0.0914 e. The Morgan fingerprint density at radius 3 is 2.50 bits per heavy atom. The first-order valence-electron chi connectivity index (χ1n) is 7.89. The van der Waals surface area contributed by atoms with Crippen molar-refractivity contribution >= 4 is 0 Å². The number of nitrogens with zero attached hydrogens (tertiary/aromatic N) is 1. The summed E-state index contributed by atoms with van der Waals surface area (Å²) in [5.41, 5.74) is 0.994. The molecule has 0 bridgehead atoms. The highest BCUT2D eigenvalue weighted by atomic mass is 16.3. The Bertz CT molecular complexity index is 374. The maximum absolute atomic E-state index is 10.2. The Kier molecular flexibility index (Phi) is 6.02. The minimum absolute atomic E-state index is 0.408. The van der Waals surface area contributed by atoms with E-state index in [1.54, 1.807) is 0 Å². The molecule has 112 valence electrons. The molecule has 3 nitrogen and oxygen atoms in total. The lowest BCUT2D eigenvalue weighted by Gasteiger charge is -2.34. The average molecular weight is 276 g/mol. The Morgan fingerprint density at radius 2 is 1.90 bits per heavy atom. The summed E-state index contributed by atoms with van der Waals surface area (Å²) in [5, 5.41) is 13.7. The molecular formula is C17H28N2O. The molecule has 1 saturated heterocycles. The molecule has 2 unspecified atom stereocenters. The van der Waals surface area contributed by atoms with Crippen LogP contribution in [0, 0.1) is 5.92 Å². The first kappa shape index (κ1) is 15.5. The van der Waals surface area contributed by atoms with Crippen molar-refractivity contribution in [1.82, 2.24) is 10.2 Å². The van der Waals surface area contributed by atoms with Crippen LogP contribution in [0.5, 0.6) is 0 Å². The van der Waals surface area contributed by atoms with Crippen molar-refractivity contribution in [1.29, 1.82) is 0 Å². The van der Waals surface area contributed by atoms with E-state index >= 15 is 0 Å². The van der Waals surface area contributed by atoms with Crippen LogP contribution >= 0.6 is 0 Å². The SMILES string of the molecule is CCN1CCC(C(C)NCC(O)c2ccccc2)CC1. The van der Waals surface area contributed by atoms with Crippen LogP contribution in [0.2, 0.25) is 0 Å². The number of rotatable bonds is 6. The van der Waals surface area contributed by atoms with Gasteiger partial charge in [0, 0.05) is 12.6 Å². The fourth-order valence-electron chi connectivity index (χ4n) is 3.03. The molecule has 0 aliphatic carbocycles. The monoisotopic (exact) mass is 276 g/mol. The van der Waals surface area contributed by atoms with Crippen LogP contribution in [0.15, 0.2) is 30.3 Å². The van der Waals surface area contributed by atoms with Crippen LogP contribution in [0.25, 0.3) is 0 Å². The van der Waals surface area contributed by atoms with Crippen LogP contribution in [-0.4, -0.2) is 42.2 Å². The summed E-state index contributed by atoms with van der Waals surface area (Å²) >= 11 is 0. The molecule has 1 heterocycles. The van der Waals surface area contributed by atoms with Crippen molar-refractivity contribution in [3.05, 3.63) is 35.9 Å². The summed E-state index contributed by atoms with van der Waals surface area (Å²) in [6.07, 6.45) is 2.13. The summed E-state index contributed by atoms with van der Waals surface area (Å²) in [4.78, 5) is 2.52. The number of piperidine rings is 1. The maximum Gasteiger partial charge on any atom is 0.0914 e. The van der Waals surface area contributed by atoms with Gasteiger partial charge in [-0.05, 0) is 50.9 Å². The molecule has 3 heteroatoms. The minimum Gasteiger partial charge on any atom is -0.387 e. The molecular weight excluding hydrogens is 248 g/mol. The number of aliphatic hydroxyl groups is 1. The molecule has 2 N–H and O–H groups in total. The molecule has 1 aromatic rings. The van der Waals surface area contributed by atoms with Crippen molar-refractivity contribution in [2.45, 2.75) is 38.8 Å². The molecule has 0 saturated carbocycles. The summed E-state index contributed by atoms with van der Waals surface area (Å²) in [7, 11) is 0. The first-order chi connectivity index (χ1) is 9.70. The van der Waals surface area contributed by atoms with Crippen LogP contribution in [0.3, 0.4) is 0 Å². The van der Waals surface area contributed by atoms with Crippen LogP contribution in [0.1, 0.15) is 38.4 Å². The van der Waals surface area contributed by atoms with E-state index in [0.29, 0.717) is 12.6 Å². The van der Waals surface area contributed by atoms with Crippen molar-refractivity contribution < 1.29 is 5.11 Å². The van der Waals surface area contributed by atoms with Gasteiger partial charge in [0.1, 0.15) is 0 Å². The van der Waals surface area contributed by atoms with E-state index in [4.69, 9.17) is 0 Å². The lowest BCUT2D eigenvalue weighted by atomic mass is 9.90. The van der Waals surface area contributed by atoms with E-state index in [2.05, 4.69) is 24.1 Å². The fourth-order valence-corrected chi connectivity index (χ4v) is 3.03. The van der Waals surface area contributed by atoms with Gasteiger partial charge in [-0.1, -0.05) is 37.3 Å². The zero-order chi connectivity index (χ0) is 14.4. The second kappa shape index (κ2) is 7.77. The van der Waals surface area contributed by atoms with Crippen molar-refractivity contribution in [3.8, 4) is 0 Å². The van der Waals surface area contributed by atoms with E-state index in [1.165, 1.54) is 32.5 Å². The number of hydrogen-bond donors (Lipinski definition) is 2. The highest BCUT2D eigenvalue weighted by Gasteiger charge is 2.23. The summed E-state index contributed by atoms with van der Waals surface area (Å²) in [6, 6.07) is 10.4. The van der Waals surface area contributed by atoms with Gasteiger partial charge >= 0.3 is 0 Å². The Morgan fingerprint density at radius 1 is 1.25 bits per heavy atom. The molecule has 0 amide bonds. The van der Waals surface area contributed by atoms with E-state index < -0.39 is 6.10 Å². The number of hydrogen-bond acceptors (Lipinski definition) is 3. The second-order valence-electron chi connectivity index (χ2n) is 5.90. The highest BCUT2D eigenvalue weighted by Crippen LogP contribution is 2.21. The Labute approximate surface area is 123 Å². The molecule has 2 rings (SSSR count). The number of likely N-dealkylation sites (tertiary alicyclic amines) is 1. The van der Waals surface area contributed by atoms with Gasteiger partial charge in [-0.15, -0.1) is 0 Å². The van der Waals surface area contributed by atoms with Crippen LogP contribution in [-0.2, 0) is 0 Å². The number of benzene rings is 1. The average Bonchev–Trinajstić information content (AvgIpc) is 2.53. The largest absolute Gasteiger partial charge is 0.387 e. The number of aliphatic hydroxyl groups excluding tert-OH is 1. The minimum atomic E-state index is -0.408.